The minimum Gasteiger partial charge on any atom is -0.489 e. The molecule has 0 bridgehead atoms. The van der Waals surface area contributed by atoms with E-state index in [0.29, 0.717) is 37.7 Å². The lowest BCUT2D eigenvalue weighted by Crippen LogP contribution is -2.45. The van der Waals surface area contributed by atoms with E-state index < -0.39 is 0 Å². The summed E-state index contributed by atoms with van der Waals surface area (Å²) in [7, 11) is 1.66. The number of methoxy groups -OCH3 is 1. The number of carbonyl (C=O) groups excluding carboxylic acids is 1. The number of carbonyl (C=O) groups is 1. The van der Waals surface area contributed by atoms with Crippen LogP contribution in [0.1, 0.15) is 18.4 Å². The highest BCUT2D eigenvalue weighted by atomic mass is 35.5. The Morgan fingerprint density at radius 3 is 2.89 bits per heavy atom. The molecule has 1 heterocycles. The summed E-state index contributed by atoms with van der Waals surface area (Å²) in [6.45, 7) is 2.41. The molecular weight excluding hydrogens is 364 g/mol. The third-order valence-corrected chi connectivity index (χ3v) is 4.80. The quantitative estimate of drug-likeness (QED) is 0.701. The summed E-state index contributed by atoms with van der Waals surface area (Å²) in [5, 5.41) is 3.61. The van der Waals surface area contributed by atoms with Gasteiger partial charge in [0.25, 0.3) is 0 Å². The lowest BCUT2D eigenvalue weighted by Gasteiger charge is -2.38. The zero-order valence-corrected chi connectivity index (χ0v) is 16.2. The Hall–Kier alpha value is -2.24. The highest BCUT2D eigenvalue weighted by Crippen LogP contribution is 2.37. The largest absolute Gasteiger partial charge is 0.489 e. The summed E-state index contributed by atoms with van der Waals surface area (Å²) < 4.78 is 10.9. The maximum atomic E-state index is 12.4. The van der Waals surface area contributed by atoms with E-state index in [1.165, 1.54) is 5.56 Å². The number of halogens is 1. The van der Waals surface area contributed by atoms with Gasteiger partial charge < -0.3 is 19.7 Å². The van der Waals surface area contributed by atoms with Crippen LogP contribution in [-0.2, 0) is 16.1 Å². The molecule has 1 aliphatic heterocycles. The van der Waals surface area contributed by atoms with Crippen LogP contribution < -0.4 is 15.0 Å². The number of hydrogen-bond acceptors (Lipinski definition) is 4. The van der Waals surface area contributed by atoms with Crippen molar-refractivity contribution < 1.29 is 14.3 Å². The molecule has 0 saturated carbocycles. The molecule has 1 aliphatic rings. The topological polar surface area (TPSA) is 50.8 Å². The smallest absolute Gasteiger partial charge is 0.222 e. The molecule has 0 radical (unpaired) electrons. The zero-order chi connectivity index (χ0) is 19.1. The van der Waals surface area contributed by atoms with Gasteiger partial charge >= 0.3 is 0 Å². The molecule has 0 spiro atoms. The maximum absolute atomic E-state index is 12.4. The van der Waals surface area contributed by atoms with Gasteiger partial charge in [-0.1, -0.05) is 41.9 Å². The Kier molecular flexibility index (Phi) is 6.96. The standard InChI is InChI=1S/C21H25ClN2O3/c1-26-11-5-10-23-21(25)13-18-15-27-20-9-8-17(22)12-19(20)24(18)14-16-6-3-2-4-7-16/h2-4,6-9,12,18H,5,10-11,13-15H2,1H3,(H,23,25)/t18-/m0/s1. The summed E-state index contributed by atoms with van der Waals surface area (Å²) in [4.78, 5) is 14.6. The number of fused-ring (bicyclic) bond motifs is 1. The maximum Gasteiger partial charge on any atom is 0.222 e. The van der Waals surface area contributed by atoms with E-state index in [4.69, 9.17) is 21.1 Å². The van der Waals surface area contributed by atoms with Crippen molar-refractivity contribution in [2.45, 2.75) is 25.4 Å². The van der Waals surface area contributed by atoms with Crippen molar-refractivity contribution in [2.75, 3.05) is 31.8 Å². The van der Waals surface area contributed by atoms with Gasteiger partial charge in [-0.15, -0.1) is 0 Å². The van der Waals surface area contributed by atoms with E-state index in [1.54, 1.807) is 7.11 Å². The number of rotatable bonds is 8. The van der Waals surface area contributed by atoms with Crippen molar-refractivity contribution >= 4 is 23.2 Å². The van der Waals surface area contributed by atoms with E-state index in [2.05, 4.69) is 22.3 Å². The van der Waals surface area contributed by atoms with Crippen LogP contribution in [0.4, 0.5) is 5.69 Å². The molecule has 2 aromatic carbocycles. The Labute approximate surface area is 165 Å². The minimum atomic E-state index is -0.0569. The Morgan fingerprint density at radius 1 is 1.30 bits per heavy atom. The van der Waals surface area contributed by atoms with E-state index >= 15 is 0 Å². The van der Waals surface area contributed by atoms with E-state index in [0.717, 1.165) is 17.9 Å². The minimum absolute atomic E-state index is 0.0169. The number of amides is 1. The van der Waals surface area contributed by atoms with Crippen LogP contribution in [0.2, 0.25) is 5.02 Å². The number of benzene rings is 2. The van der Waals surface area contributed by atoms with Gasteiger partial charge in [0.05, 0.1) is 18.2 Å². The summed E-state index contributed by atoms with van der Waals surface area (Å²) in [5.41, 5.74) is 2.10. The molecule has 5 nitrogen and oxygen atoms in total. The fraction of sp³-hybridized carbons (Fsp3) is 0.381. The fourth-order valence-electron chi connectivity index (χ4n) is 3.20. The molecule has 1 atom stereocenters. The van der Waals surface area contributed by atoms with Gasteiger partial charge in [0, 0.05) is 31.8 Å². The van der Waals surface area contributed by atoms with Gasteiger partial charge in [-0.05, 0) is 30.2 Å². The first kappa shape index (κ1) is 19.5. The van der Waals surface area contributed by atoms with Crippen molar-refractivity contribution in [3.8, 4) is 5.75 Å². The van der Waals surface area contributed by atoms with Gasteiger partial charge in [0.2, 0.25) is 5.91 Å². The van der Waals surface area contributed by atoms with Crippen LogP contribution >= 0.6 is 11.6 Å². The second-order valence-corrected chi connectivity index (χ2v) is 7.03. The molecule has 0 unspecified atom stereocenters. The van der Waals surface area contributed by atoms with E-state index in [1.807, 2.05) is 36.4 Å². The molecule has 3 rings (SSSR count). The third-order valence-electron chi connectivity index (χ3n) is 4.57. The molecule has 1 amide bonds. The zero-order valence-electron chi connectivity index (χ0n) is 15.5. The van der Waals surface area contributed by atoms with Crippen molar-refractivity contribution in [1.82, 2.24) is 5.32 Å². The molecule has 1 N–H and O–H groups in total. The van der Waals surface area contributed by atoms with Crippen molar-refractivity contribution in [1.29, 1.82) is 0 Å². The molecule has 144 valence electrons. The van der Waals surface area contributed by atoms with Gasteiger partial charge in [-0.25, -0.2) is 0 Å². The first-order valence-corrected chi connectivity index (χ1v) is 9.53. The van der Waals surface area contributed by atoms with Gasteiger partial charge in [-0.2, -0.15) is 0 Å². The highest BCUT2D eigenvalue weighted by Gasteiger charge is 2.29. The van der Waals surface area contributed by atoms with Crippen LogP contribution in [0.5, 0.6) is 5.75 Å². The lowest BCUT2D eigenvalue weighted by atomic mass is 10.1. The fourth-order valence-corrected chi connectivity index (χ4v) is 3.37. The monoisotopic (exact) mass is 388 g/mol. The molecule has 0 aromatic heterocycles. The first-order valence-electron chi connectivity index (χ1n) is 9.16. The molecule has 0 aliphatic carbocycles. The molecule has 0 fully saturated rings. The number of nitrogens with zero attached hydrogens (tertiary/aromatic N) is 1. The molecule has 6 heteroatoms. The average molecular weight is 389 g/mol. The number of ether oxygens (including phenoxy) is 2. The van der Waals surface area contributed by atoms with Crippen LogP contribution in [-0.4, -0.2) is 38.8 Å². The molecule has 27 heavy (non-hydrogen) atoms. The Morgan fingerprint density at radius 2 is 2.11 bits per heavy atom. The second kappa shape index (κ2) is 9.62. The summed E-state index contributed by atoms with van der Waals surface area (Å²) >= 11 is 6.22. The molecule has 0 saturated heterocycles. The van der Waals surface area contributed by atoms with Crippen LogP contribution in [0.25, 0.3) is 0 Å². The van der Waals surface area contributed by atoms with Crippen LogP contribution in [0, 0.1) is 0 Å². The van der Waals surface area contributed by atoms with E-state index in [-0.39, 0.29) is 11.9 Å². The van der Waals surface area contributed by atoms with Gasteiger partial charge in [-0.3, -0.25) is 4.79 Å². The summed E-state index contributed by atoms with van der Waals surface area (Å²) in [6.07, 6.45) is 1.17. The normalized spacial score (nSPS) is 15.8. The molecule has 2 aromatic rings. The number of nitrogens with one attached hydrogen (secondary N) is 1. The van der Waals surface area contributed by atoms with Crippen LogP contribution in [0.3, 0.4) is 0 Å². The van der Waals surface area contributed by atoms with E-state index in [9.17, 15) is 4.79 Å². The third kappa shape index (κ3) is 5.37. The number of anilines is 1. The lowest BCUT2D eigenvalue weighted by molar-refractivity contribution is -0.121. The Bertz CT molecular complexity index is 754. The molecular formula is C21H25ClN2O3. The SMILES string of the molecule is COCCCNC(=O)C[C@H]1COc2ccc(Cl)cc2N1Cc1ccccc1. The average Bonchev–Trinajstić information content (AvgIpc) is 2.68. The summed E-state index contributed by atoms with van der Waals surface area (Å²) in [5.74, 6) is 0.815. The van der Waals surface area contributed by atoms with Gasteiger partial charge in [0.15, 0.2) is 0 Å². The second-order valence-electron chi connectivity index (χ2n) is 6.59. The summed E-state index contributed by atoms with van der Waals surface area (Å²) in [6, 6.07) is 15.8. The first-order chi connectivity index (χ1) is 13.2. The highest BCUT2D eigenvalue weighted by molar-refractivity contribution is 6.31. The Balaban J connectivity index is 1.74. The number of hydrogen-bond donors (Lipinski definition) is 1. The van der Waals surface area contributed by atoms with Crippen molar-refractivity contribution in [3.63, 3.8) is 0 Å². The van der Waals surface area contributed by atoms with Crippen molar-refractivity contribution in [2.24, 2.45) is 0 Å². The predicted molar refractivity (Wildman–Crippen MR) is 107 cm³/mol. The van der Waals surface area contributed by atoms with Crippen molar-refractivity contribution in [3.05, 3.63) is 59.1 Å². The van der Waals surface area contributed by atoms with Crippen LogP contribution in [0.15, 0.2) is 48.5 Å². The predicted octanol–water partition coefficient (Wildman–Crippen LogP) is 3.65. The van der Waals surface area contributed by atoms with Gasteiger partial charge in [0.1, 0.15) is 12.4 Å².